The SMILES string of the molecule is CNC(C)(CC(C)Sc1ncns1)C(N)=O. The van der Waals surface area contributed by atoms with Gasteiger partial charge < -0.3 is 11.1 Å². The first kappa shape index (κ1) is 13.4. The Balaban J connectivity index is 2.56. The van der Waals surface area contributed by atoms with Crippen molar-refractivity contribution in [3.8, 4) is 0 Å². The van der Waals surface area contributed by atoms with E-state index in [4.69, 9.17) is 5.73 Å². The molecule has 3 N–H and O–H groups in total. The zero-order chi connectivity index (χ0) is 12.2. The summed E-state index contributed by atoms with van der Waals surface area (Å²) in [6, 6.07) is 0. The van der Waals surface area contributed by atoms with Gasteiger partial charge >= 0.3 is 0 Å². The van der Waals surface area contributed by atoms with Gasteiger partial charge in [-0.1, -0.05) is 18.7 Å². The Kier molecular flexibility index (Phi) is 4.69. The van der Waals surface area contributed by atoms with Crippen LogP contribution in [0, 0.1) is 0 Å². The number of rotatable bonds is 6. The number of thioether (sulfide) groups is 1. The molecule has 1 heterocycles. The summed E-state index contributed by atoms with van der Waals surface area (Å²) in [5.74, 6) is -0.334. The number of amides is 1. The van der Waals surface area contributed by atoms with E-state index in [1.165, 1.54) is 17.9 Å². The molecule has 2 atom stereocenters. The number of carbonyl (C=O) groups excluding carboxylic acids is 1. The van der Waals surface area contributed by atoms with Gasteiger partial charge in [0.15, 0.2) is 4.34 Å². The van der Waals surface area contributed by atoms with Crippen molar-refractivity contribution in [2.24, 2.45) is 5.73 Å². The number of likely N-dealkylation sites (N-methyl/N-ethyl adjacent to an activating group) is 1. The van der Waals surface area contributed by atoms with Gasteiger partial charge in [-0.05, 0) is 31.9 Å². The molecule has 2 unspecified atom stereocenters. The molecule has 0 saturated carbocycles. The van der Waals surface area contributed by atoms with Crippen molar-refractivity contribution in [3.05, 3.63) is 6.33 Å². The van der Waals surface area contributed by atoms with Crippen LogP contribution < -0.4 is 11.1 Å². The fourth-order valence-electron chi connectivity index (χ4n) is 1.33. The van der Waals surface area contributed by atoms with Crippen LogP contribution >= 0.6 is 23.3 Å². The predicted octanol–water partition coefficient (Wildman–Crippen LogP) is 0.872. The minimum Gasteiger partial charge on any atom is -0.368 e. The third-order valence-electron chi connectivity index (χ3n) is 2.43. The van der Waals surface area contributed by atoms with Crippen LogP contribution in [0.4, 0.5) is 0 Å². The topological polar surface area (TPSA) is 80.9 Å². The van der Waals surface area contributed by atoms with Gasteiger partial charge in [-0.15, -0.1) is 0 Å². The average Bonchev–Trinajstić information content (AvgIpc) is 2.69. The molecule has 5 nitrogen and oxygen atoms in total. The van der Waals surface area contributed by atoms with Gasteiger partial charge in [-0.3, -0.25) is 4.79 Å². The largest absolute Gasteiger partial charge is 0.368 e. The second kappa shape index (κ2) is 5.60. The highest BCUT2D eigenvalue weighted by Crippen LogP contribution is 2.28. The molecule has 0 aliphatic carbocycles. The first-order valence-electron chi connectivity index (χ1n) is 4.90. The zero-order valence-corrected chi connectivity index (χ0v) is 11.2. The lowest BCUT2D eigenvalue weighted by Crippen LogP contribution is -2.52. The van der Waals surface area contributed by atoms with Crippen LogP contribution in [0.1, 0.15) is 20.3 Å². The first-order chi connectivity index (χ1) is 7.48. The van der Waals surface area contributed by atoms with Crippen molar-refractivity contribution >= 4 is 29.2 Å². The third-order valence-corrected chi connectivity index (χ3v) is 4.28. The minimum atomic E-state index is -0.670. The number of nitrogens with zero attached hydrogens (tertiary/aromatic N) is 2. The van der Waals surface area contributed by atoms with Crippen LogP contribution in [0.3, 0.4) is 0 Å². The first-order valence-corrected chi connectivity index (χ1v) is 6.55. The van der Waals surface area contributed by atoms with E-state index in [1.807, 2.05) is 13.8 Å². The quantitative estimate of drug-likeness (QED) is 0.742. The minimum absolute atomic E-state index is 0.248. The van der Waals surface area contributed by atoms with Gasteiger partial charge in [0.1, 0.15) is 6.33 Å². The number of primary amides is 1. The molecule has 16 heavy (non-hydrogen) atoms. The molecule has 0 radical (unpaired) electrons. The summed E-state index contributed by atoms with van der Waals surface area (Å²) < 4.78 is 4.84. The molecule has 1 aromatic heterocycles. The smallest absolute Gasteiger partial charge is 0.237 e. The number of carbonyl (C=O) groups is 1. The van der Waals surface area contributed by atoms with E-state index in [-0.39, 0.29) is 11.2 Å². The van der Waals surface area contributed by atoms with Crippen LogP contribution in [0.15, 0.2) is 10.7 Å². The summed E-state index contributed by atoms with van der Waals surface area (Å²) >= 11 is 2.97. The van der Waals surface area contributed by atoms with E-state index in [0.717, 1.165) is 4.34 Å². The molecule has 1 rings (SSSR count). The Bertz CT molecular complexity index is 343. The molecule has 0 spiro atoms. The molecule has 0 aromatic carbocycles. The Morgan fingerprint density at radius 2 is 2.50 bits per heavy atom. The van der Waals surface area contributed by atoms with Crippen LogP contribution in [0.2, 0.25) is 0 Å². The lowest BCUT2D eigenvalue weighted by Gasteiger charge is -2.27. The Morgan fingerprint density at radius 3 is 2.94 bits per heavy atom. The maximum atomic E-state index is 11.3. The molecule has 7 heteroatoms. The van der Waals surface area contributed by atoms with Crippen LogP contribution in [-0.4, -0.2) is 33.1 Å². The number of hydrogen-bond acceptors (Lipinski definition) is 6. The fraction of sp³-hybridized carbons (Fsp3) is 0.667. The third kappa shape index (κ3) is 3.43. The molecule has 0 bridgehead atoms. The summed E-state index contributed by atoms with van der Waals surface area (Å²) in [6.45, 7) is 3.86. The van der Waals surface area contributed by atoms with E-state index in [9.17, 15) is 4.79 Å². The van der Waals surface area contributed by atoms with Crippen molar-refractivity contribution in [1.29, 1.82) is 0 Å². The van der Waals surface area contributed by atoms with Crippen molar-refractivity contribution in [1.82, 2.24) is 14.7 Å². The molecule has 90 valence electrons. The van der Waals surface area contributed by atoms with Crippen LogP contribution in [0.5, 0.6) is 0 Å². The summed E-state index contributed by atoms with van der Waals surface area (Å²) in [5.41, 5.74) is 4.70. The highest BCUT2D eigenvalue weighted by atomic mass is 32.2. The van der Waals surface area contributed by atoms with Crippen molar-refractivity contribution in [2.75, 3.05) is 7.05 Å². The molecular formula is C9H16N4OS2. The van der Waals surface area contributed by atoms with Crippen molar-refractivity contribution < 1.29 is 4.79 Å². The number of nitrogens with two attached hydrogens (primary N) is 1. The molecule has 0 fully saturated rings. The van der Waals surface area contributed by atoms with E-state index in [0.29, 0.717) is 6.42 Å². The van der Waals surface area contributed by atoms with Gasteiger partial charge in [0.25, 0.3) is 0 Å². The van der Waals surface area contributed by atoms with Crippen molar-refractivity contribution in [3.63, 3.8) is 0 Å². The van der Waals surface area contributed by atoms with Crippen LogP contribution in [0.25, 0.3) is 0 Å². The Hall–Kier alpha value is -0.660. The standard InChI is InChI=1S/C9H16N4OS2/c1-6(15-8-12-5-13-16-8)4-9(2,11-3)7(10)14/h5-6,11H,4H2,1-3H3,(H2,10,14). The lowest BCUT2D eigenvalue weighted by atomic mass is 9.95. The van der Waals surface area contributed by atoms with E-state index in [2.05, 4.69) is 14.7 Å². The number of aromatic nitrogens is 2. The summed E-state index contributed by atoms with van der Waals surface area (Å²) in [7, 11) is 1.74. The normalized spacial score (nSPS) is 16.7. The van der Waals surface area contributed by atoms with E-state index in [1.54, 1.807) is 18.8 Å². The number of hydrogen-bond donors (Lipinski definition) is 2. The maximum absolute atomic E-state index is 11.3. The molecule has 1 amide bonds. The van der Waals surface area contributed by atoms with Crippen molar-refractivity contribution in [2.45, 2.75) is 35.4 Å². The van der Waals surface area contributed by atoms with Gasteiger partial charge in [0.2, 0.25) is 5.91 Å². The van der Waals surface area contributed by atoms with Gasteiger partial charge in [0, 0.05) is 5.25 Å². The molecule has 0 saturated heterocycles. The monoisotopic (exact) mass is 260 g/mol. The zero-order valence-electron chi connectivity index (χ0n) is 9.56. The van der Waals surface area contributed by atoms with Gasteiger partial charge in [-0.2, -0.15) is 4.37 Å². The number of nitrogens with one attached hydrogen (secondary N) is 1. The molecular weight excluding hydrogens is 244 g/mol. The predicted molar refractivity (Wildman–Crippen MR) is 66.5 cm³/mol. The molecule has 0 aliphatic heterocycles. The lowest BCUT2D eigenvalue weighted by molar-refractivity contribution is -0.123. The molecule has 1 aromatic rings. The van der Waals surface area contributed by atoms with E-state index < -0.39 is 5.54 Å². The second-order valence-corrected chi connectivity index (χ2v) is 6.25. The average molecular weight is 260 g/mol. The summed E-state index contributed by atoms with van der Waals surface area (Å²) in [5, 5.41) is 3.22. The van der Waals surface area contributed by atoms with Gasteiger partial charge in [0.05, 0.1) is 5.54 Å². The van der Waals surface area contributed by atoms with E-state index >= 15 is 0 Å². The highest BCUT2D eigenvalue weighted by molar-refractivity contribution is 8.01. The Morgan fingerprint density at radius 1 is 1.81 bits per heavy atom. The maximum Gasteiger partial charge on any atom is 0.237 e. The Labute approximate surface area is 103 Å². The van der Waals surface area contributed by atoms with Crippen LogP contribution in [-0.2, 0) is 4.79 Å². The van der Waals surface area contributed by atoms with Gasteiger partial charge in [-0.25, -0.2) is 4.98 Å². The molecule has 0 aliphatic rings. The summed E-state index contributed by atoms with van der Waals surface area (Å²) in [6.07, 6.45) is 2.19. The summed E-state index contributed by atoms with van der Waals surface area (Å²) in [4.78, 5) is 15.4. The fourth-order valence-corrected chi connectivity index (χ4v) is 3.27. The highest BCUT2D eigenvalue weighted by Gasteiger charge is 2.31. The second-order valence-electron chi connectivity index (χ2n) is 3.79.